The number of nitrogens with one attached hydrogen (secondary N) is 1. The van der Waals surface area contributed by atoms with Crippen LogP contribution in [-0.4, -0.2) is 58.3 Å². The van der Waals surface area contributed by atoms with Gasteiger partial charge in [-0.25, -0.2) is 18.2 Å². The Morgan fingerprint density at radius 2 is 1.90 bits per heavy atom. The number of oxazole rings is 1. The monoisotopic (exact) mass is 587 g/mol. The van der Waals surface area contributed by atoms with E-state index >= 15 is 0 Å². The van der Waals surface area contributed by atoms with Gasteiger partial charge in [-0.15, -0.1) is 0 Å². The van der Waals surface area contributed by atoms with E-state index in [-0.39, 0.29) is 53.1 Å². The first-order chi connectivity index (χ1) is 19.7. The second-order valence-electron chi connectivity index (χ2n) is 10.8. The number of halogens is 4. The highest BCUT2D eigenvalue weighted by molar-refractivity contribution is 6.30. The standard InChI is InChI=1S/C28H25ClF3N5O4/c29-16-7-19(23(24(31)32)33-9-16)25(38)35-18-4-1-15(2-5-18)10-37-22-8-17(30)3-6-20(22)28(27(37)40)12-36(13-28)26(39)21-11-41-14-34-21/h3,6-9,11,14-15,18,24H,1-2,4-5,10,12-13H2,(H,35,38). The van der Waals surface area contributed by atoms with E-state index < -0.39 is 29.3 Å². The zero-order valence-corrected chi connectivity index (χ0v) is 22.4. The van der Waals surface area contributed by atoms with Crippen LogP contribution in [0.2, 0.25) is 5.02 Å². The largest absolute Gasteiger partial charge is 0.451 e. The van der Waals surface area contributed by atoms with E-state index in [4.69, 9.17) is 16.0 Å². The Morgan fingerprint density at radius 3 is 2.59 bits per heavy atom. The number of carbonyl (C=O) groups excluding carboxylic acids is 3. The SMILES string of the molecule is O=C(NC1CCC(CN2C(=O)C3(CN(C(=O)c4cocn4)C3)c3ccc(F)cc32)CC1)c1cc(Cl)cnc1C(F)F. The molecule has 3 aromatic rings. The lowest BCUT2D eigenvalue weighted by Crippen LogP contribution is -2.65. The molecule has 0 unspecified atom stereocenters. The van der Waals surface area contributed by atoms with Crippen LogP contribution in [0.25, 0.3) is 0 Å². The van der Waals surface area contributed by atoms with Gasteiger partial charge in [0.05, 0.1) is 16.3 Å². The van der Waals surface area contributed by atoms with Gasteiger partial charge in [0.1, 0.15) is 23.2 Å². The summed E-state index contributed by atoms with van der Waals surface area (Å²) >= 11 is 5.88. The third-order valence-corrected chi connectivity index (χ3v) is 8.45. The van der Waals surface area contributed by atoms with E-state index in [2.05, 4.69) is 15.3 Å². The van der Waals surface area contributed by atoms with Crippen molar-refractivity contribution in [3.63, 3.8) is 0 Å². The van der Waals surface area contributed by atoms with Gasteiger partial charge in [0, 0.05) is 31.9 Å². The number of nitrogens with zero attached hydrogens (tertiary/aromatic N) is 4. The summed E-state index contributed by atoms with van der Waals surface area (Å²) in [5.74, 6) is -1.55. The minimum Gasteiger partial charge on any atom is -0.451 e. The van der Waals surface area contributed by atoms with Crippen molar-refractivity contribution in [3.05, 3.63) is 76.5 Å². The normalized spacial score (nSPS) is 21.2. The van der Waals surface area contributed by atoms with Gasteiger partial charge in [-0.1, -0.05) is 17.7 Å². The van der Waals surface area contributed by atoms with Crippen molar-refractivity contribution in [2.24, 2.45) is 5.92 Å². The van der Waals surface area contributed by atoms with Gasteiger partial charge >= 0.3 is 0 Å². The Kier molecular flexibility index (Phi) is 6.96. The van der Waals surface area contributed by atoms with Crippen LogP contribution in [0.3, 0.4) is 0 Å². The van der Waals surface area contributed by atoms with Gasteiger partial charge in [0.25, 0.3) is 18.2 Å². The van der Waals surface area contributed by atoms with Gasteiger partial charge in [-0.05, 0) is 55.4 Å². The quantitative estimate of drug-likeness (QED) is 0.454. The summed E-state index contributed by atoms with van der Waals surface area (Å²) in [6, 6.07) is 5.24. The molecule has 3 aliphatic rings. The van der Waals surface area contributed by atoms with Crippen LogP contribution in [0.15, 0.2) is 47.5 Å². The fraction of sp³-hybridized carbons (Fsp3) is 0.393. The first-order valence-electron chi connectivity index (χ1n) is 13.2. The summed E-state index contributed by atoms with van der Waals surface area (Å²) in [6.45, 7) is 0.678. The second-order valence-corrected chi connectivity index (χ2v) is 11.2. The van der Waals surface area contributed by atoms with Gasteiger partial charge in [-0.3, -0.25) is 19.4 Å². The molecule has 6 rings (SSSR count). The number of hydrogen-bond acceptors (Lipinski definition) is 6. The first-order valence-corrected chi connectivity index (χ1v) is 13.6. The Morgan fingerprint density at radius 1 is 1.15 bits per heavy atom. The Bertz CT molecular complexity index is 1500. The van der Waals surface area contributed by atoms with Crippen molar-refractivity contribution in [1.82, 2.24) is 20.2 Å². The highest BCUT2D eigenvalue weighted by Gasteiger charge is 2.59. The number of rotatable bonds is 6. The molecule has 0 bridgehead atoms. The Hall–Kier alpha value is -3.93. The van der Waals surface area contributed by atoms with Gasteiger partial charge in [-0.2, -0.15) is 0 Å². The summed E-state index contributed by atoms with van der Waals surface area (Å²) in [4.78, 5) is 49.9. The van der Waals surface area contributed by atoms with Crippen molar-refractivity contribution in [1.29, 1.82) is 0 Å². The maximum absolute atomic E-state index is 14.3. The lowest BCUT2D eigenvalue weighted by atomic mass is 9.74. The van der Waals surface area contributed by atoms with E-state index in [1.165, 1.54) is 35.8 Å². The van der Waals surface area contributed by atoms with Gasteiger partial charge < -0.3 is 19.5 Å². The molecule has 41 heavy (non-hydrogen) atoms. The van der Waals surface area contributed by atoms with Crippen LogP contribution in [0, 0.1) is 11.7 Å². The smallest absolute Gasteiger partial charge is 0.281 e. The van der Waals surface area contributed by atoms with E-state index in [0.717, 1.165) is 6.20 Å². The van der Waals surface area contributed by atoms with Crippen molar-refractivity contribution >= 4 is 35.0 Å². The molecule has 4 heterocycles. The predicted octanol–water partition coefficient (Wildman–Crippen LogP) is 4.53. The average molecular weight is 588 g/mol. The zero-order chi connectivity index (χ0) is 28.9. The van der Waals surface area contributed by atoms with Crippen LogP contribution >= 0.6 is 11.6 Å². The molecule has 2 aromatic heterocycles. The van der Waals surface area contributed by atoms with E-state index in [1.807, 2.05) is 0 Å². The number of hydrogen-bond donors (Lipinski definition) is 1. The number of alkyl halides is 2. The summed E-state index contributed by atoms with van der Waals surface area (Å²) in [5, 5.41) is 2.90. The van der Waals surface area contributed by atoms with Crippen molar-refractivity contribution in [3.8, 4) is 0 Å². The number of carbonyl (C=O) groups is 3. The molecule has 2 aliphatic heterocycles. The summed E-state index contributed by atoms with van der Waals surface area (Å²) in [6.07, 6.45) is 3.07. The summed E-state index contributed by atoms with van der Waals surface area (Å²) in [7, 11) is 0. The first kappa shape index (κ1) is 27.3. The molecule has 214 valence electrons. The van der Waals surface area contributed by atoms with Crippen LogP contribution in [0.4, 0.5) is 18.9 Å². The number of pyridine rings is 1. The van der Waals surface area contributed by atoms with Crippen molar-refractivity contribution < 1.29 is 32.0 Å². The van der Waals surface area contributed by atoms with E-state index in [9.17, 15) is 27.6 Å². The minimum atomic E-state index is -2.92. The maximum atomic E-state index is 14.3. The molecule has 1 saturated carbocycles. The van der Waals surface area contributed by atoms with E-state index in [0.29, 0.717) is 43.5 Å². The van der Waals surface area contributed by atoms with Crippen LogP contribution in [0.5, 0.6) is 0 Å². The number of aromatic nitrogens is 2. The molecule has 9 nitrogen and oxygen atoms in total. The topological polar surface area (TPSA) is 109 Å². The second kappa shape index (κ2) is 10.5. The Balaban J connectivity index is 1.11. The van der Waals surface area contributed by atoms with Crippen LogP contribution in [-0.2, 0) is 10.2 Å². The molecular formula is C28H25ClF3N5O4. The number of fused-ring (bicyclic) bond motifs is 2. The Labute approximate surface area is 237 Å². The fourth-order valence-corrected chi connectivity index (χ4v) is 6.31. The molecular weight excluding hydrogens is 563 g/mol. The zero-order valence-electron chi connectivity index (χ0n) is 21.7. The third-order valence-electron chi connectivity index (χ3n) is 8.24. The number of likely N-dealkylation sites (tertiary alicyclic amines) is 1. The van der Waals surface area contributed by atoms with Crippen LogP contribution in [0.1, 0.15) is 64.2 Å². The molecule has 1 N–H and O–H groups in total. The number of anilines is 1. The van der Waals surface area contributed by atoms with Gasteiger partial charge in [0.2, 0.25) is 5.91 Å². The van der Waals surface area contributed by atoms with Crippen molar-refractivity contribution in [2.45, 2.75) is 43.6 Å². The van der Waals surface area contributed by atoms with Gasteiger partial charge in [0.15, 0.2) is 12.1 Å². The van der Waals surface area contributed by atoms with E-state index in [1.54, 1.807) is 11.0 Å². The molecule has 0 radical (unpaired) electrons. The summed E-state index contributed by atoms with van der Waals surface area (Å²) in [5.41, 5.74) is -0.461. The maximum Gasteiger partial charge on any atom is 0.281 e. The lowest BCUT2D eigenvalue weighted by Gasteiger charge is -2.46. The molecule has 1 aromatic carbocycles. The van der Waals surface area contributed by atoms with Crippen LogP contribution < -0.4 is 10.2 Å². The highest BCUT2D eigenvalue weighted by Crippen LogP contribution is 2.48. The third kappa shape index (κ3) is 4.83. The molecule has 3 amide bonds. The molecule has 2 fully saturated rings. The van der Waals surface area contributed by atoms with Crippen molar-refractivity contribution in [2.75, 3.05) is 24.5 Å². The molecule has 0 atom stereocenters. The number of benzene rings is 1. The summed E-state index contributed by atoms with van der Waals surface area (Å²) < 4.78 is 45.9. The predicted molar refractivity (Wildman–Crippen MR) is 140 cm³/mol. The molecule has 1 saturated heterocycles. The number of amides is 3. The average Bonchev–Trinajstić information content (AvgIpc) is 3.54. The molecule has 1 spiro atoms. The molecule has 1 aliphatic carbocycles. The lowest BCUT2D eigenvalue weighted by molar-refractivity contribution is -0.128. The minimum absolute atomic E-state index is 0.0794. The molecule has 13 heteroatoms. The fourth-order valence-electron chi connectivity index (χ4n) is 6.15. The highest BCUT2D eigenvalue weighted by atomic mass is 35.5.